The fraction of sp³-hybridized carbons (Fsp3) is 0.474. The van der Waals surface area contributed by atoms with Crippen LogP contribution in [0.5, 0.6) is 0 Å². The van der Waals surface area contributed by atoms with E-state index in [0.29, 0.717) is 0 Å². The van der Waals surface area contributed by atoms with Crippen molar-refractivity contribution in [1.29, 1.82) is 0 Å². The van der Waals surface area contributed by atoms with Gasteiger partial charge in [-0.15, -0.1) is 0 Å². The number of hydrogen-bond acceptors (Lipinski definition) is 1. The van der Waals surface area contributed by atoms with Gasteiger partial charge in [0.15, 0.2) is 0 Å². The molecule has 0 saturated heterocycles. The molecule has 0 saturated carbocycles. The summed E-state index contributed by atoms with van der Waals surface area (Å²) < 4.78 is 0. The van der Waals surface area contributed by atoms with E-state index in [0.717, 1.165) is 19.0 Å². The molecule has 0 unspecified atom stereocenters. The zero-order valence-electron chi connectivity index (χ0n) is 13.1. The molecule has 0 heterocycles. The molecular formula is C19H27N. The minimum Gasteiger partial charge on any atom is -0.316 e. The van der Waals surface area contributed by atoms with Crippen molar-refractivity contribution in [3.05, 3.63) is 47.5 Å². The highest BCUT2D eigenvalue weighted by Crippen LogP contribution is 2.23. The second kappa shape index (κ2) is 7.44. The van der Waals surface area contributed by atoms with Crippen LogP contribution in [0.1, 0.15) is 37.8 Å². The first-order valence-electron chi connectivity index (χ1n) is 7.86. The van der Waals surface area contributed by atoms with Crippen molar-refractivity contribution in [1.82, 2.24) is 5.32 Å². The number of rotatable bonds is 7. The van der Waals surface area contributed by atoms with E-state index in [9.17, 15) is 0 Å². The maximum absolute atomic E-state index is 3.52. The van der Waals surface area contributed by atoms with E-state index in [2.05, 4.69) is 62.5 Å². The molecule has 2 rings (SSSR count). The molecule has 0 fully saturated rings. The Balaban J connectivity index is 1.91. The Labute approximate surface area is 123 Å². The van der Waals surface area contributed by atoms with Gasteiger partial charge in [0.25, 0.3) is 0 Å². The highest BCUT2D eigenvalue weighted by Gasteiger charge is 2.04. The summed E-state index contributed by atoms with van der Waals surface area (Å²) in [6, 6.07) is 13.2. The van der Waals surface area contributed by atoms with Crippen molar-refractivity contribution in [2.75, 3.05) is 13.1 Å². The van der Waals surface area contributed by atoms with Gasteiger partial charge in [0.2, 0.25) is 0 Å². The molecule has 20 heavy (non-hydrogen) atoms. The van der Waals surface area contributed by atoms with Gasteiger partial charge >= 0.3 is 0 Å². The zero-order valence-corrected chi connectivity index (χ0v) is 13.1. The summed E-state index contributed by atoms with van der Waals surface area (Å²) in [4.78, 5) is 0. The first-order chi connectivity index (χ1) is 9.68. The summed E-state index contributed by atoms with van der Waals surface area (Å²) in [6.07, 6.45) is 3.71. The van der Waals surface area contributed by atoms with Gasteiger partial charge < -0.3 is 5.32 Å². The van der Waals surface area contributed by atoms with E-state index < -0.39 is 0 Å². The average Bonchev–Trinajstić information content (AvgIpc) is 2.44. The molecular weight excluding hydrogens is 242 g/mol. The van der Waals surface area contributed by atoms with Crippen molar-refractivity contribution < 1.29 is 0 Å². The van der Waals surface area contributed by atoms with Gasteiger partial charge in [-0.1, -0.05) is 50.2 Å². The lowest BCUT2D eigenvalue weighted by Crippen LogP contribution is -2.20. The summed E-state index contributed by atoms with van der Waals surface area (Å²) in [5, 5.41) is 6.32. The molecule has 0 aliphatic rings. The Hall–Kier alpha value is -1.34. The van der Waals surface area contributed by atoms with E-state index in [4.69, 9.17) is 0 Å². The minimum absolute atomic E-state index is 0.746. The molecule has 0 atom stereocenters. The maximum atomic E-state index is 3.52. The van der Waals surface area contributed by atoms with Crippen LogP contribution in [0.25, 0.3) is 10.8 Å². The van der Waals surface area contributed by atoms with Gasteiger partial charge in [0.05, 0.1) is 0 Å². The van der Waals surface area contributed by atoms with Crippen LogP contribution < -0.4 is 5.32 Å². The topological polar surface area (TPSA) is 12.0 Å². The molecule has 0 amide bonds. The van der Waals surface area contributed by atoms with Gasteiger partial charge in [-0.2, -0.15) is 0 Å². The van der Waals surface area contributed by atoms with Crippen LogP contribution in [0.3, 0.4) is 0 Å². The van der Waals surface area contributed by atoms with Gasteiger partial charge in [-0.3, -0.25) is 0 Å². The predicted molar refractivity (Wildman–Crippen MR) is 89.3 cm³/mol. The van der Waals surface area contributed by atoms with Crippen molar-refractivity contribution in [3.63, 3.8) is 0 Å². The quantitative estimate of drug-likeness (QED) is 0.717. The first-order valence-corrected chi connectivity index (χ1v) is 7.86. The minimum atomic E-state index is 0.746. The Bertz CT molecular complexity index is 542. The number of hydrogen-bond donors (Lipinski definition) is 1. The molecule has 0 bridgehead atoms. The van der Waals surface area contributed by atoms with E-state index >= 15 is 0 Å². The zero-order chi connectivity index (χ0) is 14.4. The number of benzene rings is 2. The van der Waals surface area contributed by atoms with Crippen LogP contribution >= 0.6 is 0 Å². The van der Waals surface area contributed by atoms with E-state index in [1.807, 2.05) is 0 Å². The van der Waals surface area contributed by atoms with Crippen molar-refractivity contribution in [3.8, 4) is 0 Å². The molecule has 0 radical (unpaired) electrons. The highest BCUT2D eigenvalue weighted by molar-refractivity contribution is 5.86. The number of aryl methyl sites for hydroxylation is 2. The average molecular weight is 269 g/mol. The standard InChI is InChI=1S/C19H27N/c1-15(2)14-20-13-7-6-9-18-16(3)11-12-17-8-4-5-10-19(17)18/h4-5,8,10-12,15,20H,6-7,9,13-14H2,1-3H3. The lowest BCUT2D eigenvalue weighted by Gasteiger charge is -2.11. The van der Waals surface area contributed by atoms with Gasteiger partial charge in [0, 0.05) is 0 Å². The van der Waals surface area contributed by atoms with Gasteiger partial charge in [0.1, 0.15) is 0 Å². The molecule has 0 spiro atoms. The van der Waals surface area contributed by atoms with Gasteiger partial charge in [-0.25, -0.2) is 0 Å². The van der Waals surface area contributed by atoms with E-state index in [1.165, 1.54) is 41.2 Å². The Morgan fingerprint density at radius 3 is 2.60 bits per heavy atom. The number of nitrogens with one attached hydrogen (secondary N) is 1. The SMILES string of the molecule is Cc1ccc2ccccc2c1CCCCNCC(C)C. The lowest BCUT2D eigenvalue weighted by molar-refractivity contribution is 0.535. The van der Waals surface area contributed by atoms with E-state index in [-0.39, 0.29) is 0 Å². The largest absolute Gasteiger partial charge is 0.316 e. The highest BCUT2D eigenvalue weighted by atomic mass is 14.8. The summed E-state index contributed by atoms with van der Waals surface area (Å²) in [5.74, 6) is 0.746. The second-order valence-corrected chi connectivity index (χ2v) is 6.14. The summed E-state index contributed by atoms with van der Waals surface area (Å²) in [5.41, 5.74) is 2.96. The second-order valence-electron chi connectivity index (χ2n) is 6.14. The fourth-order valence-corrected chi connectivity index (χ4v) is 2.72. The van der Waals surface area contributed by atoms with E-state index in [1.54, 1.807) is 0 Å². The van der Waals surface area contributed by atoms with Crippen molar-refractivity contribution >= 4 is 10.8 Å². The third kappa shape index (κ3) is 4.08. The Morgan fingerprint density at radius 1 is 1.00 bits per heavy atom. The normalized spacial score (nSPS) is 11.4. The Morgan fingerprint density at radius 2 is 1.80 bits per heavy atom. The molecule has 1 heteroatoms. The smallest absolute Gasteiger partial charge is 0.00258 e. The predicted octanol–water partition coefficient (Wildman–Crippen LogP) is 4.72. The van der Waals surface area contributed by atoms with Crippen LogP contribution in [0.2, 0.25) is 0 Å². The van der Waals surface area contributed by atoms with Crippen molar-refractivity contribution in [2.45, 2.75) is 40.0 Å². The summed E-state index contributed by atoms with van der Waals surface area (Å²) in [6.45, 7) is 9.02. The van der Waals surface area contributed by atoms with Crippen LogP contribution in [-0.4, -0.2) is 13.1 Å². The molecule has 1 nitrogen and oxygen atoms in total. The molecule has 0 aliphatic heterocycles. The number of fused-ring (bicyclic) bond motifs is 1. The maximum Gasteiger partial charge on any atom is -0.00258 e. The van der Waals surface area contributed by atoms with Crippen LogP contribution in [0.4, 0.5) is 0 Å². The molecule has 2 aromatic carbocycles. The van der Waals surface area contributed by atoms with Crippen molar-refractivity contribution in [2.24, 2.45) is 5.92 Å². The fourth-order valence-electron chi connectivity index (χ4n) is 2.72. The third-order valence-corrected chi connectivity index (χ3v) is 3.86. The first kappa shape index (κ1) is 15.1. The Kier molecular flexibility index (Phi) is 5.60. The summed E-state index contributed by atoms with van der Waals surface area (Å²) >= 11 is 0. The van der Waals surface area contributed by atoms with Crippen LogP contribution in [0.15, 0.2) is 36.4 Å². The lowest BCUT2D eigenvalue weighted by atomic mass is 9.96. The van der Waals surface area contributed by atoms with Crippen LogP contribution in [-0.2, 0) is 6.42 Å². The molecule has 0 aromatic heterocycles. The van der Waals surface area contributed by atoms with Gasteiger partial charge in [-0.05, 0) is 67.1 Å². The third-order valence-electron chi connectivity index (χ3n) is 3.86. The van der Waals surface area contributed by atoms with Crippen LogP contribution in [0, 0.1) is 12.8 Å². The molecule has 0 aliphatic carbocycles. The monoisotopic (exact) mass is 269 g/mol. The molecule has 108 valence electrons. The summed E-state index contributed by atoms with van der Waals surface area (Å²) in [7, 11) is 0. The molecule has 2 aromatic rings. The number of unbranched alkanes of at least 4 members (excludes halogenated alkanes) is 1. The molecule has 1 N–H and O–H groups in total.